The number of aryl methyl sites for hydroxylation is 4. The highest BCUT2D eigenvalue weighted by atomic mass is 15.1. The van der Waals surface area contributed by atoms with Crippen molar-refractivity contribution < 1.29 is 0 Å². The molecular weight excluding hydrogens is 258 g/mol. The molecule has 0 aliphatic heterocycles. The molecule has 0 saturated carbocycles. The molecule has 112 valence electrons. The third kappa shape index (κ3) is 4.28. The van der Waals surface area contributed by atoms with Crippen molar-refractivity contribution in [3.8, 4) is 0 Å². The van der Waals surface area contributed by atoms with Gasteiger partial charge in [-0.05, 0) is 55.5 Å². The fourth-order valence-corrected chi connectivity index (χ4v) is 2.61. The van der Waals surface area contributed by atoms with Gasteiger partial charge in [-0.15, -0.1) is 0 Å². The molecule has 3 nitrogen and oxygen atoms in total. The Labute approximate surface area is 127 Å². The van der Waals surface area contributed by atoms with Crippen LogP contribution in [0.15, 0.2) is 24.4 Å². The van der Waals surface area contributed by atoms with Crippen molar-refractivity contribution in [2.24, 2.45) is 0 Å². The second-order valence-electron chi connectivity index (χ2n) is 5.67. The summed E-state index contributed by atoms with van der Waals surface area (Å²) in [6.45, 7) is 8.59. The number of aromatic nitrogens is 2. The number of anilines is 2. The van der Waals surface area contributed by atoms with Gasteiger partial charge in [0.15, 0.2) is 0 Å². The lowest BCUT2D eigenvalue weighted by Crippen LogP contribution is -2.04. The molecule has 0 fully saturated rings. The average molecular weight is 283 g/mol. The summed E-state index contributed by atoms with van der Waals surface area (Å²) in [5.74, 6) is 0.698. The molecule has 0 radical (unpaired) electrons. The zero-order valence-electron chi connectivity index (χ0n) is 13.5. The van der Waals surface area contributed by atoms with Crippen LogP contribution in [0.25, 0.3) is 0 Å². The SMILES string of the molecule is CCCc1cnc(Nc2cc(C)cc(C)c2)nc1CCC. The Hall–Kier alpha value is -1.90. The van der Waals surface area contributed by atoms with Crippen LogP contribution in [0.5, 0.6) is 0 Å². The number of benzene rings is 1. The number of rotatable bonds is 6. The first-order chi connectivity index (χ1) is 10.1. The quantitative estimate of drug-likeness (QED) is 0.832. The van der Waals surface area contributed by atoms with Crippen molar-refractivity contribution >= 4 is 11.6 Å². The second kappa shape index (κ2) is 7.21. The maximum absolute atomic E-state index is 4.71. The Bertz CT molecular complexity index is 585. The highest BCUT2D eigenvalue weighted by Gasteiger charge is 2.07. The van der Waals surface area contributed by atoms with Crippen molar-refractivity contribution in [3.63, 3.8) is 0 Å². The second-order valence-corrected chi connectivity index (χ2v) is 5.67. The lowest BCUT2D eigenvalue weighted by molar-refractivity contribution is 0.818. The Morgan fingerprint density at radius 3 is 2.24 bits per heavy atom. The third-order valence-corrected chi connectivity index (χ3v) is 3.44. The van der Waals surface area contributed by atoms with E-state index in [-0.39, 0.29) is 0 Å². The fraction of sp³-hybridized carbons (Fsp3) is 0.444. The minimum absolute atomic E-state index is 0.698. The summed E-state index contributed by atoms with van der Waals surface area (Å²) in [6.07, 6.45) is 6.28. The van der Waals surface area contributed by atoms with Gasteiger partial charge in [0.25, 0.3) is 0 Å². The fourth-order valence-electron chi connectivity index (χ4n) is 2.61. The van der Waals surface area contributed by atoms with Gasteiger partial charge in [0.1, 0.15) is 0 Å². The number of hydrogen-bond donors (Lipinski definition) is 1. The van der Waals surface area contributed by atoms with Gasteiger partial charge >= 0.3 is 0 Å². The van der Waals surface area contributed by atoms with E-state index in [4.69, 9.17) is 4.98 Å². The summed E-state index contributed by atoms with van der Waals surface area (Å²) in [5, 5.41) is 3.33. The van der Waals surface area contributed by atoms with Crippen molar-refractivity contribution in [1.29, 1.82) is 0 Å². The van der Waals surface area contributed by atoms with Gasteiger partial charge in [-0.1, -0.05) is 32.8 Å². The molecule has 0 unspecified atom stereocenters. The molecule has 0 saturated heterocycles. The van der Waals surface area contributed by atoms with E-state index in [9.17, 15) is 0 Å². The molecule has 3 heteroatoms. The van der Waals surface area contributed by atoms with E-state index in [0.29, 0.717) is 5.95 Å². The molecule has 2 aromatic rings. The van der Waals surface area contributed by atoms with Gasteiger partial charge in [-0.3, -0.25) is 0 Å². The average Bonchev–Trinajstić information content (AvgIpc) is 2.41. The van der Waals surface area contributed by atoms with Gasteiger partial charge in [0.05, 0.1) is 0 Å². The summed E-state index contributed by atoms with van der Waals surface area (Å²) < 4.78 is 0. The molecule has 0 aliphatic carbocycles. The Morgan fingerprint density at radius 2 is 1.62 bits per heavy atom. The van der Waals surface area contributed by atoms with Crippen LogP contribution in [0.3, 0.4) is 0 Å². The van der Waals surface area contributed by atoms with Crippen molar-refractivity contribution in [2.75, 3.05) is 5.32 Å². The Balaban J connectivity index is 2.25. The largest absolute Gasteiger partial charge is 0.324 e. The number of hydrogen-bond acceptors (Lipinski definition) is 3. The third-order valence-electron chi connectivity index (χ3n) is 3.44. The van der Waals surface area contributed by atoms with Crippen molar-refractivity contribution in [3.05, 3.63) is 46.8 Å². The summed E-state index contributed by atoms with van der Waals surface area (Å²) in [5.41, 5.74) is 6.01. The van der Waals surface area contributed by atoms with E-state index in [1.807, 2.05) is 6.20 Å². The smallest absolute Gasteiger partial charge is 0.227 e. The first-order valence-electron chi connectivity index (χ1n) is 7.82. The van der Waals surface area contributed by atoms with Crippen LogP contribution >= 0.6 is 0 Å². The normalized spacial score (nSPS) is 10.7. The molecule has 0 aliphatic rings. The molecule has 21 heavy (non-hydrogen) atoms. The zero-order chi connectivity index (χ0) is 15.2. The summed E-state index contributed by atoms with van der Waals surface area (Å²) in [6, 6.07) is 6.41. The number of nitrogens with zero attached hydrogens (tertiary/aromatic N) is 2. The van der Waals surface area contributed by atoms with E-state index >= 15 is 0 Å². The van der Waals surface area contributed by atoms with E-state index < -0.39 is 0 Å². The van der Waals surface area contributed by atoms with E-state index in [0.717, 1.165) is 31.4 Å². The van der Waals surface area contributed by atoms with Crippen LogP contribution < -0.4 is 5.32 Å². The molecule has 1 N–H and O–H groups in total. The van der Waals surface area contributed by atoms with Gasteiger partial charge in [-0.2, -0.15) is 0 Å². The molecular formula is C18H25N3. The first kappa shape index (κ1) is 15.5. The van der Waals surface area contributed by atoms with Crippen LogP contribution in [0.4, 0.5) is 11.6 Å². The minimum atomic E-state index is 0.698. The lowest BCUT2D eigenvalue weighted by Gasteiger charge is -2.11. The Morgan fingerprint density at radius 1 is 0.952 bits per heavy atom. The first-order valence-corrected chi connectivity index (χ1v) is 7.82. The van der Waals surface area contributed by atoms with Crippen LogP contribution in [0.1, 0.15) is 49.1 Å². The van der Waals surface area contributed by atoms with Gasteiger partial charge < -0.3 is 5.32 Å². The van der Waals surface area contributed by atoms with E-state index in [1.165, 1.54) is 22.4 Å². The molecule has 0 amide bonds. The van der Waals surface area contributed by atoms with Crippen LogP contribution in [-0.4, -0.2) is 9.97 Å². The van der Waals surface area contributed by atoms with Crippen LogP contribution in [-0.2, 0) is 12.8 Å². The predicted molar refractivity (Wildman–Crippen MR) is 89.2 cm³/mol. The summed E-state index contributed by atoms with van der Waals surface area (Å²) >= 11 is 0. The standard InChI is InChI=1S/C18H25N3/c1-5-7-15-12-19-18(21-17(15)8-6-2)20-16-10-13(3)9-14(4)11-16/h9-12H,5-8H2,1-4H3,(H,19,20,21). The summed E-state index contributed by atoms with van der Waals surface area (Å²) in [7, 11) is 0. The molecule has 1 heterocycles. The molecule has 0 bridgehead atoms. The van der Waals surface area contributed by atoms with Gasteiger partial charge in [0, 0.05) is 17.6 Å². The zero-order valence-corrected chi connectivity index (χ0v) is 13.5. The highest BCUT2D eigenvalue weighted by Crippen LogP contribution is 2.19. The monoisotopic (exact) mass is 283 g/mol. The molecule has 1 aromatic heterocycles. The maximum Gasteiger partial charge on any atom is 0.227 e. The minimum Gasteiger partial charge on any atom is -0.324 e. The molecule has 0 atom stereocenters. The van der Waals surface area contributed by atoms with Gasteiger partial charge in [-0.25, -0.2) is 9.97 Å². The van der Waals surface area contributed by atoms with Crippen LogP contribution in [0, 0.1) is 13.8 Å². The van der Waals surface area contributed by atoms with Crippen molar-refractivity contribution in [2.45, 2.75) is 53.4 Å². The molecule has 1 aromatic carbocycles. The highest BCUT2D eigenvalue weighted by molar-refractivity contribution is 5.56. The van der Waals surface area contributed by atoms with Gasteiger partial charge in [0.2, 0.25) is 5.95 Å². The Kier molecular flexibility index (Phi) is 5.32. The maximum atomic E-state index is 4.71. The molecule has 2 rings (SSSR count). The predicted octanol–water partition coefficient (Wildman–Crippen LogP) is 4.74. The van der Waals surface area contributed by atoms with E-state index in [2.05, 4.69) is 56.2 Å². The lowest BCUT2D eigenvalue weighted by atomic mass is 10.1. The summed E-state index contributed by atoms with van der Waals surface area (Å²) in [4.78, 5) is 9.19. The topological polar surface area (TPSA) is 37.8 Å². The van der Waals surface area contributed by atoms with E-state index in [1.54, 1.807) is 0 Å². The van der Waals surface area contributed by atoms with Crippen molar-refractivity contribution in [1.82, 2.24) is 9.97 Å². The van der Waals surface area contributed by atoms with Crippen LogP contribution in [0.2, 0.25) is 0 Å². The number of nitrogens with one attached hydrogen (secondary N) is 1. The molecule has 0 spiro atoms.